The fourth-order valence-corrected chi connectivity index (χ4v) is 3.49. The van der Waals surface area contributed by atoms with Gasteiger partial charge in [-0.05, 0) is 35.7 Å². The van der Waals surface area contributed by atoms with Gasteiger partial charge >= 0.3 is 5.97 Å². The van der Waals surface area contributed by atoms with Gasteiger partial charge in [-0.1, -0.05) is 11.6 Å². The monoisotopic (exact) mass is 387 g/mol. The zero-order valence-electron chi connectivity index (χ0n) is 12.6. The zero-order valence-corrected chi connectivity index (χ0v) is 15.0. The fourth-order valence-electron chi connectivity index (χ4n) is 1.85. The number of rotatable bonds is 5. The minimum Gasteiger partial charge on any atom is -0.772 e. The Hall–Kier alpha value is -1.81. The first-order valence-corrected chi connectivity index (χ1v) is 9.01. The quantitative estimate of drug-likeness (QED) is 0.480. The Morgan fingerprint density at radius 3 is 2.79 bits per heavy atom. The van der Waals surface area contributed by atoms with E-state index in [0.29, 0.717) is 16.0 Å². The summed E-state index contributed by atoms with van der Waals surface area (Å²) in [4.78, 5) is 27.8. The molecule has 0 bridgehead atoms. The lowest BCUT2D eigenvalue weighted by atomic mass is 10.1. The van der Waals surface area contributed by atoms with Crippen LogP contribution in [0.3, 0.4) is 0 Å². The molecule has 0 fully saturated rings. The van der Waals surface area contributed by atoms with Crippen molar-refractivity contribution < 1.29 is 23.1 Å². The summed E-state index contributed by atoms with van der Waals surface area (Å²) in [6, 6.07) is 2.91. The minimum absolute atomic E-state index is 0.157. The summed E-state index contributed by atoms with van der Waals surface area (Å²) < 4.78 is 26.3. The maximum absolute atomic E-state index is 12.3. The number of halogens is 1. The predicted molar refractivity (Wildman–Crippen MR) is 90.2 cm³/mol. The Morgan fingerprint density at radius 1 is 1.46 bits per heavy atom. The van der Waals surface area contributed by atoms with Crippen molar-refractivity contribution in [3.8, 4) is 5.75 Å². The van der Waals surface area contributed by atoms with E-state index in [4.69, 9.17) is 16.3 Å². The number of benzene rings is 1. The Bertz CT molecular complexity index is 821. The molecule has 1 aromatic carbocycles. The van der Waals surface area contributed by atoms with Gasteiger partial charge in [-0.2, -0.15) is 0 Å². The van der Waals surface area contributed by atoms with Gasteiger partial charge in [0.15, 0.2) is 5.13 Å². The maximum atomic E-state index is 12.3. The average Bonchev–Trinajstić information content (AvgIpc) is 2.89. The third kappa shape index (κ3) is 4.60. The molecule has 2 rings (SSSR count). The van der Waals surface area contributed by atoms with E-state index in [0.717, 1.165) is 11.3 Å². The van der Waals surface area contributed by atoms with E-state index in [2.05, 4.69) is 10.3 Å². The van der Waals surface area contributed by atoms with Crippen LogP contribution in [0.1, 0.15) is 27.7 Å². The van der Waals surface area contributed by atoms with Crippen LogP contribution in [0.5, 0.6) is 5.75 Å². The largest absolute Gasteiger partial charge is 0.772 e. The average molecular weight is 388 g/mol. The highest BCUT2D eigenvalue weighted by atomic mass is 35.5. The molecule has 0 spiro atoms. The van der Waals surface area contributed by atoms with Crippen molar-refractivity contribution in [3.05, 3.63) is 39.4 Å². The standard InChI is InChI=1S/C14H13ClN2O5S2/c1-7-10(3-4-11(12(7)15)22-8(2)18)13(19)17-14-16-5-9(23-14)6-24(20)21/h3-5H,6H2,1-2H3,(H,20,21)(H,16,17,19)/p-1. The Labute approximate surface area is 149 Å². The summed E-state index contributed by atoms with van der Waals surface area (Å²) >= 11 is 4.96. The number of anilines is 1. The van der Waals surface area contributed by atoms with Crippen LogP contribution in [0.2, 0.25) is 5.02 Å². The summed E-state index contributed by atoms with van der Waals surface area (Å²) in [7, 11) is 0. The third-order valence-corrected chi connectivity index (χ3v) is 5.00. The zero-order chi connectivity index (χ0) is 17.9. The van der Waals surface area contributed by atoms with Crippen molar-refractivity contribution in [1.82, 2.24) is 4.98 Å². The summed E-state index contributed by atoms with van der Waals surface area (Å²) in [5.41, 5.74) is 0.741. The number of thiazole rings is 1. The Morgan fingerprint density at radius 2 is 2.17 bits per heavy atom. The topological polar surface area (TPSA) is 108 Å². The van der Waals surface area contributed by atoms with E-state index in [1.807, 2.05) is 0 Å². The first-order chi connectivity index (χ1) is 11.3. The molecule has 10 heteroatoms. The lowest BCUT2D eigenvalue weighted by molar-refractivity contribution is -0.131. The molecule has 0 aliphatic rings. The molecular weight excluding hydrogens is 376 g/mol. The van der Waals surface area contributed by atoms with Crippen molar-refractivity contribution >= 4 is 51.0 Å². The second-order valence-corrected chi connectivity index (χ2v) is 7.07. The van der Waals surface area contributed by atoms with E-state index < -0.39 is 23.0 Å². The normalized spacial score (nSPS) is 11.8. The minimum atomic E-state index is -2.22. The third-order valence-electron chi connectivity index (χ3n) is 2.88. The van der Waals surface area contributed by atoms with Crippen molar-refractivity contribution in [2.75, 3.05) is 5.32 Å². The fraction of sp³-hybridized carbons (Fsp3) is 0.214. The molecule has 2 aromatic rings. The number of carbonyl (C=O) groups is 2. The van der Waals surface area contributed by atoms with Gasteiger partial charge in [-0.3, -0.25) is 19.1 Å². The van der Waals surface area contributed by atoms with Crippen LogP contribution in [0.25, 0.3) is 0 Å². The molecule has 1 N–H and O–H groups in total. The molecule has 1 heterocycles. The van der Waals surface area contributed by atoms with Gasteiger partial charge in [0.25, 0.3) is 5.91 Å². The van der Waals surface area contributed by atoms with E-state index in [1.54, 1.807) is 6.92 Å². The first-order valence-electron chi connectivity index (χ1n) is 6.57. The van der Waals surface area contributed by atoms with Gasteiger partial charge in [0.05, 0.1) is 5.02 Å². The van der Waals surface area contributed by atoms with E-state index in [-0.39, 0.29) is 21.7 Å². The van der Waals surface area contributed by atoms with Crippen LogP contribution in [-0.2, 0) is 21.6 Å². The number of hydrogen-bond donors (Lipinski definition) is 1. The molecular formula is C14H12ClN2O5S2-. The van der Waals surface area contributed by atoms with E-state index in [1.165, 1.54) is 25.3 Å². The molecule has 24 heavy (non-hydrogen) atoms. The van der Waals surface area contributed by atoms with Gasteiger partial charge in [0.1, 0.15) is 5.75 Å². The lowest BCUT2D eigenvalue weighted by Gasteiger charge is -2.10. The number of amides is 1. The smallest absolute Gasteiger partial charge is 0.308 e. The molecule has 0 aliphatic carbocycles. The van der Waals surface area contributed by atoms with Gasteiger partial charge in [0, 0.05) is 29.3 Å². The van der Waals surface area contributed by atoms with Crippen molar-refractivity contribution in [1.29, 1.82) is 0 Å². The molecule has 0 radical (unpaired) electrons. The molecule has 0 saturated heterocycles. The van der Waals surface area contributed by atoms with Gasteiger partial charge in [0.2, 0.25) is 0 Å². The van der Waals surface area contributed by atoms with Crippen LogP contribution >= 0.6 is 22.9 Å². The predicted octanol–water partition coefficient (Wildman–Crippen LogP) is 2.66. The highest BCUT2D eigenvalue weighted by molar-refractivity contribution is 7.78. The van der Waals surface area contributed by atoms with Gasteiger partial charge in [-0.15, -0.1) is 11.3 Å². The van der Waals surface area contributed by atoms with Crippen LogP contribution in [-0.4, -0.2) is 25.6 Å². The van der Waals surface area contributed by atoms with E-state index in [9.17, 15) is 18.4 Å². The number of carbonyl (C=O) groups excluding carboxylic acids is 2. The molecule has 0 aliphatic heterocycles. The summed E-state index contributed by atoms with van der Waals surface area (Å²) in [6.07, 6.45) is 1.39. The number of aromatic nitrogens is 1. The summed E-state index contributed by atoms with van der Waals surface area (Å²) in [5, 5.41) is 3.03. The molecule has 1 atom stereocenters. The summed E-state index contributed by atoms with van der Waals surface area (Å²) in [5.74, 6) is -0.949. The van der Waals surface area contributed by atoms with Crippen LogP contribution in [0, 0.1) is 6.92 Å². The van der Waals surface area contributed by atoms with Gasteiger partial charge < -0.3 is 9.29 Å². The highest BCUT2D eigenvalue weighted by Crippen LogP contribution is 2.31. The molecule has 1 aromatic heterocycles. The second kappa shape index (κ2) is 7.84. The van der Waals surface area contributed by atoms with Gasteiger partial charge in [-0.25, -0.2) is 4.98 Å². The number of ether oxygens (including phenoxy) is 1. The SMILES string of the molecule is CC(=O)Oc1ccc(C(=O)Nc2ncc(CS(=O)[O-])s2)c(C)c1Cl. The van der Waals surface area contributed by atoms with Crippen LogP contribution in [0.15, 0.2) is 18.3 Å². The highest BCUT2D eigenvalue weighted by Gasteiger charge is 2.17. The number of esters is 1. The molecule has 128 valence electrons. The number of nitrogens with zero attached hydrogens (tertiary/aromatic N) is 1. The number of nitrogens with one attached hydrogen (secondary N) is 1. The maximum Gasteiger partial charge on any atom is 0.308 e. The van der Waals surface area contributed by atoms with Crippen LogP contribution in [0.4, 0.5) is 5.13 Å². The van der Waals surface area contributed by atoms with E-state index >= 15 is 0 Å². The molecule has 1 unspecified atom stereocenters. The van der Waals surface area contributed by atoms with Crippen LogP contribution < -0.4 is 10.1 Å². The molecule has 7 nitrogen and oxygen atoms in total. The van der Waals surface area contributed by atoms with Crippen molar-refractivity contribution in [3.63, 3.8) is 0 Å². The van der Waals surface area contributed by atoms with Crippen molar-refractivity contribution in [2.24, 2.45) is 0 Å². The first kappa shape index (κ1) is 18.5. The second-order valence-electron chi connectivity index (χ2n) is 4.68. The Balaban J connectivity index is 2.18. The van der Waals surface area contributed by atoms with Crippen molar-refractivity contribution in [2.45, 2.75) is 19.6 Å². The molecule has 0 saturated carbocycles. The number of hydrogen-bond acceptors (Lipinski definition) is 7. The Kier molecular flexibility index (Phi) is 6.05. The molecule has 1 amide bonds. The lowest BCUT2D eigenvalue weighted by Crippen LogP contribution is -2.14. The summed E-state index contributed by atoms with van der Waals surface area (Å²) in [6.45, 7) is 2.87.